The van der Waals surface area contributed by atoms with E-state index in [0.717, 1.165) is 45.1 Å². The summed E-state index contributed by atoms with van der Waals surface area (Å²) in [5.74, 6) is 0.668. The van der Waals surface area contributed by atoms with E-state index in [-0.39, 0.29) is 23.4 Å². The molecule has 0 bridgehead atoms. The molecule has 0 unspecified atom stereocenters. The van der Waals surface area contributed by atoms with Gasteiger partial charge in [0.15, 0.2) is 6.19 Å². The molecule has 3 N–H and O–H groups in total. The number of guanidine groups is 1. The lowest BCUT2D eigenvalue weighted by molar-refractivity contribution is -0.125. The van der Waals surface area contributed by atoms with Crippen molar-refractivity contribution in [1.82, 2.24) is 20.9 Å². The first kappa shape index (κ1) is 21.1. The van der Waals surface area contributed by atoms with E-state index >= 15 is 0 Å². The highest BCUT2D eigenvalue weighted by atomic mass is 16.2. The summed E-state index contributed by atoms with van der Waals surface area (Å²) >= 11 is 0. The fraction of sp³-hybridized carbons (Fsp3) is 0.591. The number of rotatable bonds is 5. The predicted octanol–water partition coefficient (Wildman–Crippen LogP) is 1.72. The lowest BCUT2D eigenvalue weighted by Crippen LogP contribution is -2.51. The van der Waals surface area contributed by atoms with Gasteiger partial charge in [0.05, 0.1) is 6.04 Å². The van der Waals surface area contributed by atoms with Gasteiger partial charge in [0.1, 0.15) is 0 Å². The Balaban J connectivity index is 1.67. The van der Waals surface area contributed by atoms with Crippen molar-refractivity contribution in [1.29, 1.82) is 5.26 Å². The molecule has 2 fully saturated rings. The first-order chi connectivity index (χ1) is 14.1. The Morgan fingerprint density at radius 1 is 1.28 bits per heavy atom. The molecule has 0 aromatic heterocycles. The molecule has 2 aliphatic rings. The van der Waals surface area contributed by atoms with E-state index in [1.165, 1.54) is 5.56 Å². The van der Waals surface area contributed by atoms with Gasteiger partial charge in [-0.15, -0.1) is 0 Å². The van der Waals surface area contributed by atoms with Gasteiger partial charge >= 0.3 is 0 Å². The van der Waals surface area contributed by atoms with E-state index < -0.39 is 0 Å². The van der Waals surface area contributed by atoms with E-state index in [9.17, 15) is 4.79 Å². The summed E-state index contributed by atoms with van der Waals surface area (Å²) in [5.41, 5.74) is 1.23. The summed E-state index contributed by atoms with van der Waals surface area (Å²) in [5, 5.41) is 18.0. The largest absolute Gasteiger partial charge is 0.354 e. The molecule has 1 heterocycles. The zero-order valence-corrected chi connectivity index (χ0v) is 17.4. The van der Waals surface area contributed by atoms with Crippen LogP contribution in [0.2, 0.25) is 0 Å². The van der Waals surface area contributed by atoms with E-state index in [1.807, 2.05) is 19.3 Å². The molecule has 1 aromatic rings. The van der Waals surface area contributed by atoms with Gasteiger partial charge in [0, 0.05) is 25.0 Å². The molecule has 1 saturated heterocycles. The van der Waals surface area contributed by atoms with E-state index in [2.05, 4.69) is 50.1 Å². The fourth-order valence-electron chi connectivity index (χ4n) is 4.69. The highest BCUT2D eigenvalue weighted by Crippen LogP contribution is 2.39. The molecular weight excluding hydrogens is 364 g/mol. The van der Waals surface area contributed by atoms with Crippen LogP contribution in [0.4, 0.5) is 0 Å². The maximum Gasteiger partial charge on any atom is 0.237 e. The Hall–Kier alpha value is -2.59. The van der Waals surface area contributed by atoms with Crippen LogP contribution in [-0.4, -0.2) is 56.0 Å². The molecule has 0 radical (unpaired) electrons. The molecule has 1 aliphatic carbocycles. The molecule has 7 heteroatoms. The van der Waals surface area contributed by atoms with Crippen molar-refractivity contribution in [2.24, 2.45) is 4.99 Å². The molecule has 156 valence electrons. The van der Waals surface area contributed by atoms with Crippen molar-refractivity contribution in [3.8, 4) is 6.19 Å². The van der Waals surface area contributed by atoms with E-state index in [1.54, 1.807) is 7.05 Å². The Morgan fingerprint density at radius 3 is 2.59 bits per heavy atom. The van der Waals surface area contributed by atoms with Gasteiger partial charge in [-0.1, -0.05) is 30.3 Å². The van der Waals surface area contributed by atoms with Gasteiger partial charge in [0.2, 0.25) is 11.9 Å². The third-order valence-electron chi connectivity index (χ3n) is 6.49. The minimum atomic E-state index is -0.0571. The Kier molecular flexibility index (Phi) is 7.10. The monoisotopic (exact) mass is 396 g/mol. The lowest BCUT2D eigenvalue weighted by atomic mass is 9.68. The van der Waals surface area contributed by atoms with Crippen molar-refractivity contribution in [3.05, 3.63) is 35.9 Å². The average molecular weight is 397 g/mol. The number of nitrogens with zero attached hydrogens (tertiary/aromatic N) is 3. The summed E-state index contributed by atoms with van der Waals surface area (Å²) in [6.07, 6.45) is 7.81. The molecule has 7 nitrogen and oxygen atoms in total. The van der Waals surface area contributed by atoms with Crippen LogP contribution in [0.15, 0.2) is 35.3 Å². The second-order valence-electron chi connectivity index (χ2n) is 8.23. The third kappa shape index (κ3) is 5.07. The standard InChI is InChI=1S/C22H32N6O/c1-24-21(26-16-23)27-18-10-12-22(13-11-18,17-7-4-3-5-8-17)15-25-20(29)19-9-6-14-28(19)2/h3-5,7-8,18-19H,6,9-15H2,1-2H3,(H,25,29)(H2,24,26,27)/t18?,19-,22?/m0/s1. The summed E-state index contributed by atoms with van der Waals surface area (Å²) < 4.78 is 0. The van der Waals surface area contributed by atoms with Crippen LogP contribution in [-0.2, 0) is 10.2 Å². The van der Waals surface area contributed by atoms with E-state index in [4.69, 9.17) is 5.26 Å². The number of likely N-dealkylation sites (tertiary alicyclic amines) is 1. The predicted molar refractivity (Wildman–Crippen MR) is 114 cm³/mol. The molecular formula is C22H32N6O. The molecule has 1 aromatic carbocycles. The first-order valence-electron chi connectivity index (χ1n) is 10.5. The fourth-order valence-corrected chi connectivity index (χ4v) is 4.69. The number of amides is 1. The number of hydrogen-bond donors (Lipinski definition) is 3. The number of carbonyl (C=O) groups excluding carboxylic acids is 1. The maximum absolute atomic E-state index is 12.8. The summed E-state index contributed by atoms with van der Waals surface area (Å²) in [6.45, 7) is 1.66. The van der Waals surface area contributed by atoms with Gasteiger partial charge in [0.25, 0.3) is 0 Å². The lowest BCUT2D eigenvalue weighted by Gasteiger charge is -2.41. The van der Waals surface area contributed by atoms with E-state index in [0.29, 0.717) is 12.5 Å². The molecule has 1 atom stereocenters. The summed E-state index contributed by atoms with van der Waals surface area (Å²) in [6, 6.07) is 10.8. The minimum absolute atomic E-state index is 0.00112. The summed E-state index contributed by atoms with van der Waals surface area (Å²) in [4.78, 5) is 19.0. The van der Waals surface area contributed by atoms with Crippen molar-refractivity contribution in [3.63, 3.8) is 0 Å². The molecule has 29 heavy (non-hydrogen) atoms. The van der Waals surface area contributed by atoms with Crippen LogP contribution in [0.25, 0.3) is 0 Å². The number of nitriles is 1. The minimum Gasteiger partial charge on any atom is -0.354 e. The number of likely N-dealkylation sites (N-methyl/N-ethyl adjacent to an activating group) is 1. The topological polar surface area (TPSA) is 92.5 Å². The molecule has 1 saturated carbocycles. The number of hydrogen-bond acceptors (Lipinski definition) is 4. The second kappa shape index (κ2) is 9.75. The SMILES string of the molecule is CN=C(NC#N)NC1CCC(CNC(=O)[C@@H]2CCCN2C)(c2ccccc2)CC1. The molecule has 3 rings (SSSR count). The van der Waals surface area contributed by atoms with Crippen molar-refractivity contribution in [2.45, 2.75) is 56.0 Å². The normalized spacial score (nSPS) is 27.8. The number of nitrogens with one attached hydrogen (secondary N) is 3. The summed E-state index contributed by atoms with van der Waals surface area (Å²) in [7, 11) is 3.70. The van der Waals surface area contributed by atoms with Gasteiger partial charge in [-0.25, -0.2) is 0 Å². The van der Waals surface area contributed by atoms with Gasteiger partial charge < -0.3 is 10.6 Å². The van der Waals surface area contributed by atoms with Crippen molar-refractivity contribution in [2.75, 3.05) is 27.2 Å². The van der Waals surface area contributed by atoms with Crippen LogP contribution >= 0.6 is 0 Å². The first-order valence-corrected chi connectivity index (χ1v) is 10.5. The van der Waals surface area contributed by atoms with Crippen LogP contribution in [0.5, 0.6) is 0 Å². The Bertz CT molecular complexity index is 748. The molecule has 0 spiro atoms. The van der Waals surface area contributed by atoms with Crippen LogP contribution in [0, 0.1) is 11.5 Å². The van der Waals surface area contributed by atoms with Gasteiger partial charge in [-0.05, 0) is 57.7 Å². The highest BCUT2D eigenvalue weighted by Gasteiger charge is 2.38. The molecule has 1 amide bonds. The number of benzene rings is 1. The van der Waals surface area contributed by atoms with Crippen LogP contribution < -0.4 is 16.0 Å². The zero-order chi connectivity index (χ0) is 20.7. The third-order valence-corrected chi connectivity index (χ3v) is 6.49. The van der Waals surface area contributed by atoms with Crippen molar-refractivity contribution < 1.29 is 4.79 Å². The Labute approximate surface area is 173 Å². The van der Waals surface area contributed by atoms with Crippen molar-refractivity contribution >= 4 is 11.9 Å². The Morgan fingerprint density at radius 2 is 2.00 bits per heavy atom. The quantitative estimate of drug-likeness (QED) is 0.305. The second-order valence-corrected chi connectivity index (χ2v) is 8.23. The zero-order valence-electron chi connectivity index (χ0n) is 17.4. The number of carbonyl (C=O) groups is 1. The van der Waals surface area contributed by atoms with Gasteiger partial charge in [-0.2, -0.15) is 5.26 Å². The van der Waals surface area contributed by atoms with Crippen LogP contribution in [0.1, 0.15) is 44.1 Å². The molecule has 1 aliphatic heterocycles. The smallest absolute Gasteiger partial charge is 0.237 e. The maximum atomic E-state index is 12.8. The number of aliphatic imine (C=N–C) groups is 1. The highest BCUT2D eigenvalue weighted by molar-refractivity contribution is 5.82. The average Bonchev–Trinajstić information content (AvgIpc) is 3.19. The van der Waals surface area contributed by atoms with Crippen LogP contribution in [0.3, 0.4) is 0 Å². The van der Waals surface area contributed by atoms with Gasteiger partial charge in [-0.3, -0.25) is 20.0 Å².